The lowest BCUT2D eigenvalue weighted by molar-refractivity contribution is -0.118. The van der Waals surface area contributed by atoms with Gasteiger partial charge in [0.25, 0.3) is 0 Å². The first-order valence-electron chi connectivity index (χ1n) is 6.06. The molecule has 0 fully saturated rings. The molecule has 0 radical (unpaired) electrons. The Labute approximate surface area is 107 Å². The Bertz CT molecular complexity index is 543. The molecule has 0 amide bonds. The molecule has 1 heterocycles. The maximum Gasteiger partial charge on any atom is 0.175 e. The molecule has 3 nitrogen and oxygen atoms in total. The van der Waals surface area contributed by atoms with Crippen LogP contribution in [0.4, 0.5) is 0 Å². The summed E-state index contributed by atoms with van der Waals surface area (Å²) in [7, 11) is 0. The summed E-state index contributed by atoms with van der Waals surface area (Å²) in [6.07, 6.45) is 1.81. The van der Waals surface area contributed by atoms with E-state index in [-0.39, 0.29) is 17.6 Å². The van der Waals surface area contributed by atoms with E-state index >= 15 is 0 Å². The van der Waals surface area contributed by atoms with Gasteiger partial charge in [-0.05, 0) is 25.0 Å². The molecule has 0 saturated heterocycles. The van der Waals surface area contributed by atoms with Gasteiger partial charge in [-0.3, -0.25) is 9.59 Å². The van der Waals surface area contributed by atoms with Crippen LogP contribution < -0.4 is 5.32 Å². The fourth-order valence-corrected chi connectivity index (χ4v) is 2.23. The molecular weight excluding hydrogens is 226 g/mol. The minimum Gasteiger partial charge on any atom is -0.375 e. The third-order valence-electron chi connectivity index (χ3n) is 3.23. The van der Waals surface area contributed by atoms with E-state index in [9.17, 15) is 9.59 Å². The number of Topliss-reactive ketones (excluding diaryl/α,β-unsaturated/α-hetero) is 1. The van der Waals surface area contributed by atoms with Gasteiger partial charge in [0.15, 0.2) is 11.6 Å². The van der Waals surface area contributed by atoms with E-state index in [0.717, 1.165) is 16.7 Å². The van der Waals surface area contributed by atoms with Crippen molar-refractivity contribution in [2.24, 2.45) is 0 Å². The highest BCUT2D eigenvalue weighted by Crippen LogP contribution is 2.26. The van der Waals surface area contributed by atoms with E-state index in [0.29, 0.717) is 12.1 Å². The molecule has 0 aromatic heterocycles. The van der Waals surface area contributed by atoms with Gasteiger partial charge in [-0.25, -0.2) is 0 Å². The van der Waals surface area contributed by atoms with E-state index in [1.165, 1.54) is 13.0 Å². The Kier molecular flexibility index (Phi) is 3.32. The Balaban J connectivity index is 2.35. The number of hydrogen-bond donors (Lipinski definition) is 1. The molecule has 1 atom stereocenters. The minimum atomic E-state index is -0.0987. The molecule has 1 aliphatic rings. The van der Waals surface area contributed by atoms with Crippen LogP contribution in [0, 0.1) is 13.8 Å². The standard InChI is InChI=1S/C15H17NO2/c1-9-4-5-10(2)13(6-9)15-8-12(18)7-14(16-15)11(3)17/h4-7,15-16H,8H2,1-3H3. The minimum absolute atomic E-state index is 0.00450. The van der Waals surface area contributed by atoms with E-state index in [1.807, 2.05) is 26.0 Å². The highest BCUT2D eigenvalue weighted by atomic mass is 16.1. The van der Waals surface area contributed by atoms with E-state index < -0.39 is 0 Å². The molecule has 18 heavy (non-hydrogen) atoms. The number of ketones is 2. The lowest BCUT2D eigenvalue weighted by Gasteiger charge is -2.25. The van der Waals surface area contributed by atoms with Crippen molar-refractivity contribution in [2.75, 3.05) is 0 Å². The summed E-state index contributed by atoms with van der Waals surface area (Å²) < 4.78 is 0. The van der Waals surface area contributed by atoms with E-state index in [4.69, 9.17) is 0 Å². The van der Waals surface area contributed by atoms with Gasteiger partial charge in [0.05, 0.1) is 11.7 Å². The van der Waals surface area contributed by atoms with Crippen LogP contribution >= 0.6 is 0 Å². The average Bonchev–Trinajstić information content (AvgIpc) is 2.31. The molecule has 1 N–H and O–H groups in total. The van der Waals surface area contributed by atoms with Crippen molar-refractivity contribution in [3.8, 4) is 0 Å². The van der Waals surface area contributed by atoms with Crippen LogP contribution in [0.1, 0.15) is 36.1 Å². The fourth-order valence-electron chi connectivity index (χ4n) is 2.23. The molecule has 1 aromatic rings. The summed E-state index contributed by atoms with van der Waals surface area (Å²) in [4.78, 5) is 23.1. The quantitative estimate of drug-likeness (QED) is 0.867. The maximum absolute atomic E-state index is 11.7. The van der Waals surface area contributed by atoms with Crippen LogP contribution in [0.3, 0.4) is 0 Å². The van der Waals surface area contributed by atoms with Gasteiger partial charge in [0.2, 0.25) is 0 Å². The second kappa shape index (κ2) is 4.77. The highest BCUT2D eigenvalue weighted by molar-refractivity contribution is 6.02. The second-order valence-electron chi connectivity index (χ2n) is 4.84. The molecule has 94 valence electrons. The number of carbonyl (C=O) groups is 2. The molecule has 1 unspecified atom stereocenters. The van der Waals surface area contributed by atoms with Gasteiger partial charge in [0.1, 0.15) is 0 Å². The zero-order valence-corrected chi connectivity index (χ0v) is 10.9. The number of carbonyl (C=O) groups excluding carboxylic acids is 2. The molecular formula is C15H17NO2. The number of allylic oxidation sites excluding steroid dienone is 2. The lowest BCUT2D eigenvalue weighted by atomic mass is 9.92. The summed E-state index contributed by atoms with van der Waals surface area (Å²) in [5.74, 6) is -0.0942. The van der Waals surface area contributed by atoms with Gasteiger partial charge in [-0.2, -0.15) is 0 Å². The van der Waals surface area contributed by atoms with Crippen LogP contribution in [-0.2, 0) is 9.59 Å². The first kappa shape index (κ1) is 12.6. The lowest BCUT2D eigenvalue weighted by Crippen LogP contribution is -2.31. The topological polar surface area (TPSA) is 46.2 Å². The van der Waals surface area contributed by atoms with Crippen LogP contribution in [0.15, 0.2) is 30.0 Å². The van der Waals surface area contributed by atoms with E-state index in [2.05, 4.69) is 11.4 Å². The number of aryl methyl sites for hydroxylation is 2. The summed E-state index contributed by atoms with van der Waals surface area (Å²) in [5, 5.41) is 3.16. The zero-order valence-electron chi connectivity index (χ0n) is 10.9. The predicted octanol–water partition coefficient (Wildman–Crippen LogP) is 2.38. The molecule has 2 rings (SSSR count). The van der Waals surface area contributed by atoms with Gasteiger partial charge in [-0.15, -0.1) is 0 Å². The number of benzene rings is 1. The Morgan fingerprint density at radius 3 is 2.72 bits per heavy atom. The summed E-state index contributed by atoms with van der Waals surface area (Å²) in [6.45, 7) is 5.51. The number of hydrogen-bond acceptors (Lipinski definition) is 3. The largest absolute Gasteiger partial charge is 0.375 e. The average molecular weight is 243 g/mol. The zero-order chi connectivity index (χ0) is 13.3. The SMILES string of the molecule is CC(=O)C1=CC(=O)CC(c2cc(C)ccc2C)N1. The third kappa shape index (κ3) is 2.50. The molecule has 1 aliphatic heterocycles. The molecule has 0 saturated carbocycles. The third-order valence-corrected chi connectivity index (χ3v) is 3.23. The van der Waals surface area contributed by atoms with Crippen LogP contribution in [0.5, 0.6) is 0 Å². The Hall–Kier alpha value is -1.90. The molecule has 3 heteroatoms. The Morgan fingerprint density at radius 1 is 1.33 bits per heavy atom. The van der Waals surface area contributed by atoms with Crippen LogP contribution in [0.2, 0.25) is 0 Å². The monoisotopic (exact) mass is 243 g/mol. The highest BCUT2D eigenvalue weighted by Gasteiger charge is 2.24. The first-order chi connectivity index (χ1) is 8.47. The van der Waals surface area contributed by atoms with Gasteiger partial charge in [0, 0.05) is 19.4 Å². The molecule has 0 aliphatic carbocycles. The summed E-state index contributed by atoms with van der Waals surface area (Å²) in [5.41, 5.74) is 3.80. The summed E-state index contributed by atoms with van der Waals surface area (Å²) >= 11 is 0. The first-order valence-corrected chi connectivity index (χ1v) is 6.06. The Morgan fingerprint density at radius 2 is 2.06 bits per heavy atom. The van der Waals surface area contributed by atoms with Crippen molar-refractivity contribution >= 4 is 11.6 Å². The second-order valence-corrected chi connectivity index (χ2v) is 4.84. The van der Waals surface area contributed by atoms with Crippen molar-refractivity contribution in [1.29, 1.82) is 0 Å². The van der Waals surface area contributed by atoms with Crippen LogP contribution in [0.25, 0.3) is 0 Å². The van der Waals surface area contributed by atoms with Crippen LogP contribution in [-0.4, -0.2) is 11.6 Å². The van der Waals surface area contributed by atoms with E-state index in [1.54, 1.807) is 0 Å². The van der Waals surface area contributed by atoms with Gasteiger partial charge < -0.3 is 5.32 Å². The predicted molar refractivity (Wildman–Crippen MR) is 70.2 cm³/mol. The van der Waals surface area contributed by atoms with Crippen molar-refractivity contribution in [1.82, 2.24) is 5.32 Å². The number of nitrogens with one attached hydrogen (secondary N) is 1. The maximum atomic E-state index is 11.7. The molecule has 1 aromatic carbocycles. The van der Waals surface area contributed by atoms with Gasteiger partial charge in [-0.1, -0.05) is 23.8 Å². The van der Waals surface area contributed by atoms with Crippen molar-refractivity contribution < 1.29 is 9.59 Å². The van der Waals surface area contributed by atoms with Crippen molar-refractivity contribution in [3.63, 3.8) is 0 Å². The fraction of sp³-hybridized carbons (Fsp3) is 0.333. The molecule has 0 bridgehead atoms. The van der Waals surface area contributed by atoms with Crippen molar-refractivity contribution in [2.45, 2.75) is 33.2 Å². The number of rotatable bonds is 2. The van der Waals surface area contributed by atoms with Gasteiger partial charge >= 0.3 is 0 Å². The molecule has 0 spiro atoms. The summed E-state index contributed by atoms with van der Waals surface area (Å²) in [6, 6.07) is 6.07. The van der Waals surface area contributed by atoms with Crippen molar-refractivity contribution in [3.05, 3.63) is 46.7 Å². The normalized spacial score (nSPS) is 19.2. The smallest absolute Gasteiger partial charge is 0.175 e.